The summed E-state index contributed by atoms with van der Waals surface area (Å²) in [6.45, 7) is 7.71. The Morgan fingerprint density at radius 1 is 1.42 bits per heavy atom. The van der Waals surface area contributed by atoms with Crippen molar-refractivity contribution in [1.82, 2.24) is 4.98 Å². The van der Waals surface area contributed by atoms with Gasteiger partial charge in [0.15, 0.2) is 0 Å². The number of nitrogens with one attached hydrogen (secondary N) is 1. The molecule has 100 valence electrons. The van der Waals surface area contributed by atoms with Crippen molar-refractivity contribution in [2.75, 3.05) is 14.2 Å². The van der Waals surface area contributed by atoms with Crippen molar-refractivity contribution in [3.63, 3.8) is 0 Å². The molecule has 1 aliphatic carbocycles. The zero-order chi connectivity index (χ0) is 14.0. The molecule has 4 nitrogen and oxygen atoms in total. The van der Waals surface area contributed by atoms with E-state index in [1.165, 1.54) is 7.11 Å². The molecule has 0 saturated carbocycles. The Morgan fingerprint density at radius 2 is 2.16 bits per heavy atom. The van der Waals surface area contributed by atoms with E-state index >= 15 is 0 Å². The topological polar surface area (TPSA) is 51.3 Å². The fraction of sp³-hybridized carbons (Fsp3) is 0.267. The molecule has 0 saturated heterocycles. The first-order valence-electron chi connectivity index (χ1n) is 6.00. The zero-order valence-corrected chi connectivity index (χ0v) is 11.2. The van der Waals surface area contributed by atoms with Crippen molar-refractivity contribution in [3.05, 3.63) is 50.1 Å². The smallest absolute Gasteiger partial charge is 0.256 e. The number of ether oxygens (including phenoxy) is 2. The molecule has 0 bridgehead atoms. The first kappa shape index (κ1) is 13.2. The Balaban J connectivity index is 2.69. The summed E-state index contributed by atoms with van der Waals surface area (Å²) < 4.78 is 10.2. The lowest BCUT2D eigenvalue weighted by atomic mass is 9.98. The number of methoxy groups -OCH3 is 2. The Hall–Kier alpha value is -2.23. The largest absolute Gasteiger partial charge is 0.501 e. The molecule has 1 aromatic heterocycles. The van der Waals surface area contributed by atoms with Crippen LogP contribution in [0.15, 0.2) is 22.9 Å². The SMILES string of the molecule is C=C(/C=c1/c(=O)[nH]c2c(c1=C)CCC(OC)=C2)OC. The van der Waals surface area contributed by atoms with E-state index in [1.54, 1.807) is 13.2 Å². The number of allylic oxidation sites excluding steroid dienone is 2. The molecule has 0 amide bonds. The maximum atomic E-state index is 12.1. The van der Waals surface area contributed by atoms with E-state index < -0.39 is 0 Å². The Morgan fingerprint density at radius 3 is 2.79 bits per heavy atom. The van der Waals surface area contributed by atoms with Crippen LogP contribution in [0.4, 0.5) is 0 Å². The Bertz CT molecular complexity index is 710. The molecule has 0 spiro atoms. The summed E-state index contributed by atoms with van der Waals surface area (Å²) in [6.07, 6.45) is 5.06. The van der Waals surface area contributed by atoms with E-state index in [0.717, 1.165) is 35.1 Å². The highest BCUT2D eigenvalue weighted by molar-refractivity contribution is 5.56. The molecule has 1 heterocycles. The molecule has 0 radical (unpaired) electrons. The summed E-state index contributed by atoms with van der Waals surface area (Å²) >= 11 is 0. The molecular weight excluding hydrogens is 242 g/mol. The van der Waals surface area contributed by atoms with Crippen LogP contribution in [0.25, 0.3) is 18.7 Å². The van der Waals surface area contributed by atoms with Crippen LogP contribution in [-0.4, -0.2) is 19.2 Å². The molecule has 2 rings (SSSR count). The highest BCUT2D eigenvalue weighted by atomic mass is 16.5. The molecule has 0 aromatic carbocycles. The van der Waals surface area contributed by atoms with Gasteiger partial charge < -0.3 is 14.5 Å². The van der Waals surface area contributed by atoms with Crippen molar-refractivity contribution in [2.24, 2.45) is 0 Å². The van der Waals surface area contributed by atoms with Crippen LogP contribution in [0.3, 0.4) is 0 Å². The number of fused-ring (bicyclic) bond motifs is 1. The molecule has 0 unspecified atom stereocenters. The van der Waals surface area contributed by atoms with Crippen LogP contribution in [0.5, 0.6) is 0 Å². The third-order valence-corrected chi connectivity index (χ3v) is 3.26. The van der Waals surface area contributed by atoms with Gasteiger partial charge in [-0.3, -0.25) is 4.79 Å². The second kappa shape index (κ2) is 5.18. The van der Waals surface area contributed by atoms with Crippen molar-refractivity contribution in [3.8, 4) is 0 Å². The first-order chi connectivity index (χ1) is 9.06. The molecule has 1 aliphatic rings. The quantitative estimate of drug-likeness (QED) is 0.811. The minimum Gasteiger partial charge on any atom is -0.501 e. The van der Waals surface area contributed by atoms with Gasteiger partial charge in [-0.1, -0.05) is 13.2 Å². The third kappa shape index (κ3) is 2.47. The number of pyridine rings is 1. The fourth-order valence-corrected chi connectivity index (χ4v) is 2.15. The standard InChI is InChI=1S/C15H17NO3/c1-9(18-3)7-13-10(2)12-6-5-11(19-4)8-14(12)16-15(13)17/h7-8H,1-2,5-6H2,3-4H3,(H,16,17)/b13-7+. The van der Waals surface area contributed by atoms with Crippen molar-refractivity contribution in [1.29, 1.82) is 0 Å². The molecule has 4 heteroatoms. The van der Waals surface area contributed by atoms with E-state index in [4.69, 9.17) is 9.47 Å². The monoisotopic (exact) mass is 259 g/mol. The summed E-state index contributed by atoms with van der Waals surface area (Å²) in [6, 6.07) is 0. The Kier molecular flexibility index (Phi) is 3.60. The molecular formula is C15H17NO3. The average Bonchev–Trinajstić information content (AvgIpc) is 2.42. The summed E-state index contributed by atoms with van der Waals surface area (Å²) in [5.74, 6) is 1.29. The molecule has 1 N–H and O–H groups in total. The zero-order valence-electron chi connectivity index (χ0n) is 11.2. The second-order valence-corrected chi connectivity index (χ2v) is 4.37. The van der Waals surface area contributed by atoms with Crippen LogP contribution >= 0.6 is 0 Å². The van der Waals surface area contributed by atoms with E-state index in [0.29, 0.717) is 11.0 Å². The summed E-state index contributed by atoms with van der Waals surface area (Å²) in [4.78, 5) is 14.9. The van der Waals surface area contributed by atoms with Gasteiger partial charge in [0.05, 0.1) is 25.2 Å². The number of H-pyrrole nitrogens is 1. The van der Waals surface area contributed by atoms with Gasteiger partial charge in [0.25, 0.3) is 5.56 Å². The van der Waals surface area contributed by atoms with Gasteiger partial charge in [-0.05, 0) is 29.4 Å². The number of hydrogen-bond donors (Lipinski definition) is 1. The van der Waals surface area contributed by atoms with E-state index in [2.05, 4.69) is 18.1 Å². The molecule has 1 aromatic rings. The van der Waals surface area contributed by atoms with Gasteiger partial charge in [-0.25, -0.2) is 0 Å². The number of aromatic amines is 1. The average molecular weight is 259 g/mol. The van der Waals surface area contributed by atoms with E-state index in [-0.39, 0.29) is 5.56 Å². The van der Waals surface area contributed by atoms with Gasteiger partial charge in [-0.2, -0.15) is 0 Å². The van der Waals surface area contributed by atoms with Crippen LogP contribution in [0, 0.1) is 0 Å². The molecule has 0 aliphatic heterocycles. The maximum absolute atomic E-state index is 12.1. The van der Waals surface area contributed by atoms with Crippen LogP contribution in [0.2, 0.25) is 0 Å². The second-order valence-electron chi connectivity index (χ2n) is 4.37. The summed E-state index contributed by atoms with van der Waals surface area (Å²) in [7, 11) is 3.15. The number of aromatic nitrogens is 1. The summed E-state index contributed by atoms with van der Waals surface area (Å²) in [5.41, 5.74) is 1.62. The molecule has 0 fully saturated rings. The number of hydrogen-bond acceptors (Lipinski definition) is 3. The minimum absolute atomic E-state index is 0.199. The van der Waals surface area contributed by atoms with Crippen LogP contribution in [0.1, 0.15) is 17.7 Å². The van der Waals surface area contributed by atoms with Crippen LogP contribution < -0.4 is 16.0 Å². The first-order valence-corrected chi connectivity index (χ1v) is 6.00. The maximum Gasteiger partial charge on any atom is 0.256 e. The van der Waals surface area contributed by atoms with Crippen LogP contribution in [-0.2, 0) is 15.9 Å². The van der Waals surface area contributed by atoms with Gasteiger partial charge in [0.2, 0.25) is 0 Å². The van der Waals surface area contributed by atoms with Crippen molar-refractivity contribution >= 4 is 18.7 Å². The predicted octanol–water partition coefficient (Wildman–Crippen LogP) is 0.659. The van der Waals surface area contributed by atoms with Crippen molar-refractivity contribution < 1.29 is 9.47 Å². The fourth-order valence-electron chi connectivity index (χ4n) is 2.15. The summed E-state index contributed by atoms with van der Waals surface area (Å²) in [5, 5.41) is 1.23. The van der Waals surface area contributed by atoms with E-state index in [9.17, 15) is 4.79 Å². The lowest BCUT2D eigenvalue weighted by Crippen LogP contribution is -2.43. The Labute approximate surface area is 111 Å². The third-order valence-electron chi connectivity index (χ3n) is 3.26. The highest BCUT2D eigenvalue weighted by Crippen LogP contribution is 2.18. The minimum atomic E-state index is -0.199. The highest BCUT2D eigenvalue weighted by Gasteiger charge is 2.13. The molecule has 19 heavy (non-hydrogen) atoms. The predicted molar refractivity (Wildman–Crippen MR) is 75.8 cm³/mol. The molecule has 0 atom stereocenters. The number of rotatable bonds is 3. The lowest BCUT2D eigenvalue weighted by Gasteiger charge is -2.15. The van der Waals surface area contributed by atoms with Gasteiger partial charge in [-0.15, -0.1) is 0 Å². The normalized spacial score (nSPS) is 14.6. The van der Waals surface area contributed by atoms with Gasteiger partial charge in [0, 0.05) is 12.1 Å². The van der Waals surface area contributed by atoms with Gasteiger partial charge >= 0.3 is 0 Å². The van der Waals surface area contributed by atoms with E-state index in [1.807, 2.05) is 6.08 Å². The lowest BCUT2D eigenvalue weighted by molar-refractivity contribution is 0.279. The van der Waals surface area contributed by atoms with Gasteiger partial charge in [0.1, 0.15) is 5.76 Å². The van der Waals surface area contributed by atoms with Crippen molar-refractivity contribution in [2.45, 2.75) is 12.8 Å².